The second-order valence-electron chi connectivity index (χ2n) is 4.76. The number of aryl methyl sites for hydroxylation is 1. The maximum absolute atomic E-state index is 12.1. The molecule has 0 atom stereocenters. The first-order valence-electron chi connectivity index (χ1n) is 6.08. The van der Waals surface area contributed by atoms with E-state index in [0.717, 1.165) is 36.3 Å². The standard InChI is InChI=1S/C12H19N3OS.2ClH/c1-9-10(17-8-15-9)7-14-11(16)12(13)5-3-2-4-6-12;;/h8H,2-7,13H2,1H3,(H,14,16);2*1H. The van der Waals surface area contributed by atoms with Gasteiger partial charge >= 0.3 is 0 Å². The number of halogens is 2. The molecule has 0 saturated heterocycles. The summed E-state index contributed by atoms with van der Waals surface area (Å²) in [6, 6.07) is 0. The van der Waals surface area contributed by atoms with Crippen LogP contribution in [0.2, 0.25) is 0 Å². The first kappa shape index (κ1) is 18.6. The van der Waals surface area contributed by atoms with E-state index in [0.29, 0.717) is 6.54 Å². The smallest absolute Gasteiger partial charge is 0.240 e. The number of carbonyl (C=O) groups excluding carboxylic acids is 1. The van der Waals surface area contributed by atoms with Gasteiger partial charge in [0.2, 0.25) is 5.91 Å². The summed E-state index contributed by atoms with van der Waals surface area (Å²) in [5.41, 5.74) is 8.31. The number of thiazole rings is 1. The summed E-state index contributed by atoms with van der Waals surface area (Å²) in [6.45, 7) is 2.51. The quantitative estimate of drug-likeness (QED) is 0.897. The van der Waals surface area contributed by atoms with Crippen LogP contribution in [0.3, 0.4) is 0 Å². The summed E-state index contributed by atoms with van der Waals surface area (Å²) >= 11 is 1.57. The third-order valence-corrected chi connectivity index (χ3v) is 4.39. The van der Waals surface area contributed by atoms with E-state index in [9.17, 15) is 4.79 Å². The van der Waals surface area contributed by atoms with E-state index >= 15 is 0 Å². The minimum absolute atomic E-state index is 0. The zero-order chi connectivity index (χ0) is 12.3. The van der Waals surface area contributed by atoms with Crippen LogP contribution < -0.4 is 11.1 Å². The molecule has 1 aliphatic rings. The van der Waals surface area contributed by atoms with Gasteiger partial charge in [-0.2, -0.15) is 0 Å². The molecule has 1 amide bonds. The second kappa shape index (κ2) is 8.04. The number of rotatable bonds is 3. The van der Waals surface area contributed by atoms with E-state index in [-0.39, 0.29) is 30.7 Å². The fraction of sp³-hybridized carbons (Fsp3) is 0.667. The molecule has 3 N–H and O–H groups in total. The fourth-order valence-corrected chi connectivity index (χ4v) is 2.96. The van der Waals surface area contributed by atoms with Crippen LogP contribution in [-0.4, -0.2) is 16.4 Å². The number of nitrogens with two attached hydrogens (primary N) is 1. The van der Waals surface area contributed by atoms with Gasteiger partial charge in [0, 0.05) is 4.88 Å². The third kappa shape index (κ3) is 4.60. The molecule has 1 heterocycles. The van der Waals surface area contributed by atoms with Gasteiger partial charge in [-0.05, 0) is 19.8 Å². The number of aromatic nitrogens is 1. The summed E-state index contributed by atoms with van der Waals surface area (Å²) in [5, 5.41) is 2.94. The van der Waals surface area contributed by atoms with Gasteiger partial charge < -0.3 is 11.1 Å². The van der Waals surface area contributed by atoms with Crippen LogP contribution in [0, 0.1) is 6.92 Å². The molecule has 1 aromatic rings. The predicted molar refractivity (Wildman–Crippen MR) is 83.2 cm³/mol. The highest BCUT2D eigenvalue weighted by molar-refractivity contribution is 7.09. The topological polar surface area (TPSA) is 68.0 Å². The number of amides is 1. The van der Waals surface area contributed by atoms with Crippen molar-refractivity contribution in [1.82, 2.24) is 10.3 Å². The highest BCUT2D eigenvalue weighted by Gasteiger charge is 2.34. The average Bonchev–Trinajstić information content (AvgIpc) is 2.73. The van der Waals surface area contributed by atoms with Crippen molar-refractivity contribution in [3.8, 4) is 0 Å². The number of hydrogen-bond acceptors (Lipinski definition) is 4. The van der Waals surface area contributed by atoms with Crippen molar-refractivity contribution in [2.24, 2.45) is 5.73 Å². The van der Waals surface area contributed by atoms with Crippen molar-refractivity contribution in [3.05, 3.63) is 16.1 Å². The third-order valence-electron chi connectivity index (χ3n) is 3.45. The van der Waals surface area contributed by atoms with Crippen LogP contribution in [0.25, 0.3) is 0 Å². The van der Waals surface area contributed by atoms with Crippen LogP contribution in [0.15, 0.2) is 5.51 Å². The van der Waals surface area contributed by atoms with Crippen molar-refractivity contribution in [2.45, 2.75) is 51.1 Å². The molecule has 0 spiro atoms. The highest BCUT2D eigenvalue weighted by Crippen LogP contribution is 2.26. The lowest BCUT2D eigenvalue weighted by Gasteiger charge is -2.31. The molecule has 0 aliphatic heterocycles. The first-order chi connectivity index (χ1) is 8.12. The summed E-state index contributed by atoms with van der Waals surface area (Å²) in [7, 11) is 0. The number of carbonyl (C=O) groups is 1. The first-order valence-corrected chi connectivity index (χ1v) is 6.96. The zero-order valence-electron chi connectivity index (χ0n) is 11.0. The van der Waals surface area contributed by atoms with Crippen molar-refractivity contribution in [2.75, 3.05) is 0 Å². The molecule has 0 bridgehead atoms. The molecule has 0 unspecified atom stereocenters. The number of hydrogen-bond donors (Lipinski definition) is 2. The monoisotopic (exact) mass is 325 g/mol. The van der Waals surface area contributed by atoms with Crippen LogP contribution in [0.4, 0.5) is 0 Å². The van der Waals surface area contributed by atoms with Crippen LogP contribution >= 0.6 is 36.2 Å². The Labute approximate surface area is 130 Å². The van der Waals surface area contributed by atoms with E-state index in [1.54, 1.807) is 16.8 Å². The minimum atomic E-state index is -0.642. The molecule has 4 nitrogen and oxygen atoms in total. The molecule has 0 radical (unpaired) electrons. The van der Waals surface area contributed by atoms with Crippen molar-refractivity contribution in [1.29, 1.82) is 0 Å². The Morgan fingerprint density at radius 3 is 2.58 bits per heavy atom. The summed E-state index contributed by atoms with van der Waals surface area (Å²) in [6.07, 6.45) is 4.92. The Hall–Kier alpha value is -0.360. The lowest BCUT2D eigenvalue weighted by Crippen LogP contribution is -2.54. The normalized spacial score (nSPS) is 16.9. The molecule has 1 saturated carbocycles. The summed E-state index contributed by atoms with van der Waals surface area (Å²) in [5.74, 6) is -0.00926. The van der Waals surface area contributed by atoms with E-state index < -0.39 is 5.54 Å². The largest absolute Gasteiger partial charge is 0.350 e. The Balaban J connectivity index is 0.00000162. The van der Waals surface area contributed by atoms with Crippen LogP contribution in [0.1, 0.15) is 42.7 Å². The van der Waals surface area contributed by atoms with Crippen molar-refractivity contribution >= 4 is 42.1 Å². The Kier molecular flexibility index (Phi) is 7.89. The Morgan fingerprint density at radius 2 is 2.05 bits per heavy atom. The van der Waals surface area contributed by atoms with Crippen LogP contribution in [-0.2, 0) is 11.3 Å². The van der Waals surface area contributed by atoms with Gasteiger partial charge in [-0.25, -0.2) is 4.98 Å². The summed E-state index contributed by atoms with van der Waals surface area (Å²) in [4.78, 5) is 17.3. The SMILES string of the molecule is Cc1ncsc1CNC(=O)C1(N)CCCCC1.Cl.Cl. The lowest BCUT2D eigenvalue weighted by atomic mass is 9.82. The van der Waals surface area contributed by atoms with Gasteiger partial charge in [0.05, 0.1) is 23.3 Å². The lowest BCUT2D eigenvalue weighted by molar-refractivity contribution is -0.127. The fourth-order valence-electron chi connectivity index (χ4n) is 2.24. The average molecular weight is 326 g/mol. The Bertz CT molecular complexity index is 405. The molecular weight excluding hydrogens is 305 g/mol. The molecule has 0 aromatic carbocycles. The van der Waals surface area contributed by atoms with Gasteiger partial charge in [-0.1, -0.05) is 19.3 Å². The molecule has 2 rings (SSSR count). The van der Waals surface area contributed by atoms with Crippen molar-refractivity contribution < 1.29 is 4.79 Å². The van der Waals surface area contributed by atoms with Gasteiger partial charge in [-0.3, -0.25) is 4.79 Å². The van der Waals surface area contributed by atoms with E-state index in [1.165, 1.54) is 6.42 Å². The predicted octanol–water partition coefficient (Wildman–Crippen LogP) is 2.57. The zero-order valence-corrected chi connectivity index (χ0v) is 13.4. The van der Waals surface area contributed by atoms with E-state index in [4.69, 9.17) is 5.73 Å². The maximum Gasteiger partial charge on any atom is 0.240 e. The molecule has 7 heteroatoms. The highest BCUT2D eigenvalue weighted by atomic mass is 35.5. The summed E-state index contributed by atoms with van der Waals surface area (Å²) < 4.78 is 0. The van der Waals surface area contributed by atoms with Gasteiger partial charge in [0.1, 0.15) is 0 Å². The minimum Gasteiger partial charge on any atom is -0.350 e. The molecule has 19 heavy (non-hydrogen) atoms. The molecular formula is C12H21Cl2N3OS. The van der Waals surface area contributed by atoms with Crippen LogP contribution in [0.5, 0.6) is 0 Å². The van der Waals surface area contributed by atoms with E-state index in [2.05, 4.69) is 10.3 Å². The molecule has 110 valence electrons. The second-order valence-corrected chi connectivity index (χ2v) is 5.70. The molecule has 1 fully saturated rings. The molecule has 1 aliphatic carbocycles. The molecule has 1 aromatic heterocycles. The number of nitrogens with zero attached hydrogens (tertiary/aromatic N) is 1. The number of nitrogens with one attached hydrogen (secondary N) is 1. The Morgan fingerprint density at radius 1 is 1.42 bits per heavy atom. The van der Waals surface area contributed by atoms with Gasteiger partial charge in [-0.15, -0.1) is 36.2 Å². The maximum atomic E-state index is 12.1. The van der Waals surface area contributed by atoms with Crippen molar-refractivity contribution in [3.63, 3.8) is 0 Å². The van der Waals surface area contributed by atoms with Gasteiger partial charge in [0.15, 0.2) is 0 Å². The van der Waals surface area contributed by atoms with Gasteiger partial charge in [0.25, 0.3) is 0 Å². The van der Waals surface area contributed by atoms with E-state index in [1.807, 2.05) is 6.92 Å².